The monoisotopic (exact) mass is 474 g/mol. The summed E-state index contributed by atoms with van der Waals surface area (Å²) in [7, 11) is 0. The zero-order chi connectivity index (χ0) is 24.9. The van der Waals surface area contributed by atoms with Crippen molar-refractivity contribution in [3.8, 4) is 0 Å². The van der Waals surface area contributed by atoms with Crippen LogP contribution in [0.1, 0.15) is 55.1 Å². The van der Waals surface area contributed by atoms with E-state index in [2.05, 4.69) is 61.1 Å². The van der Waals surface area contributed by atoms with E-state index in [-0.39, 0.29) is 23.7 Å². The second kappa shape index (κ2) is 10.8. The first-order valence-electron chi connectivity index (χ1n) is 12.3. The van der Waals surface area contributed by atoms with Crippen LogP contribution in [0.4, 0.5) is 0 Å². The Morgan fingerprint density at radius 2 is 1.51 bits per heavy atom. The van der Waals surface area contributed by atoms with Crippen molar-refractivity contribution in [2.24, 2.45) is 23.7 Å². The minimum absolute atomic E-state index is 0.0575. The molecule has 184 valence electrons. The smallest absolute Gasteiger partial charge is 0.355 e. The van der Waals surface area contributed by atoms with Crippen LogP contribution in [0, 0.1) is 23.7 Å². The number of fused-ring (bicyclic) bond motifs is 1. The lowest BCUT2D eigenvalue weighted by atomic mass is 9.60. The minimum Gasteiger partial charge on any atom is -0.453 e. The van der Waals surface area contributed by atoms with Gasteiger partial charge in [0, 0.05) is 24.2 Å². The third-order valence-electron chi connectivity index (χ3n) is 7.27. The summed E-state index contributed by atoms with van der Waals surface area (Å²) in [5.74, 6) is -0.839. The van der Waals surface area contributed by atoms with Crippen LogP contribution in [0.3, 0.4) is 0 Å². The molecule has 35 heavy (non-hydrogen) atoms. The van der Waals surface area contributed by atoms with Gasteiger partial charge in [0.25, 0.3) is 0 Å². The molecular formula is C29H34N2O4. The van der Waals surface area contributed by atoms with Crippen LogP contribution < -0.4 is 0 Å². The number of carbonyl (C=O) groups is 2. The normalized spacial score (nSPS) is 28.5. The molecule has 6 unspecified atom stereocenters. The molecule has 4 rings (SSSR count). The highest BCUT2D eigenvalue weighted by Crippen LogP contribution is 2.49. The second-order valence-electron chi connectivity index (χ2n) is 9.28. The molecule has 2 heterocycles. The van der Waals surface area contributed by atoms with Crippen molar-refractivity contribution in [3.05, 3.63) is 95.6 Å². The zero-order valence-corrected chi connectivity index (χ0v) is 20.7. The summed E-state index contributed by atoms with van der Waals surface area (Å²) in [6.45, 7) is 8.29. The largest absolute Gasteiger partial charge is 0.453 e. The van der Waals surface area contributed by atoms with Crippen molar-refractivity contribution in [2.45, 2.75) is 46.3 Å². The van der Waals surface area contributed by atoms with Crippen LogP contribution in [0.2, 0.25) is 0 Å². The number of hydrogen-bond acceptors (Lipinski definition) is 4. The highest BCUT2D eigenvalue weighted by atomic mass is 16.6. The van der Waals surface area contributed by atoms with Crippen molar-refractivity contribution in [2.75, 3.05) is 0 Å². The number of ether oxygens (including phenoxy) is 2. The molecule has 0 aromatic carbocycles. The van der Waals surface area contributed by atoms with Gasteiger partial charge in [-0.3, -0.25) is 0 Å². The predicted octanol–water partition coefficient (Wildman–Crippen LogP) is 6.02. The lowest BCUT2D eigenvalue weighted by Crippen LogP contribution is -2.55. The Morgan fingerprint density at radius 1 is 0.943 bits per heavy atom. The lowest BCUT2D eigenvalue weighted by molar-refractivity contribution is -0.110. The van der Waals surface area contributed by atoms with E-state index in [1.165, 1.54) is 5.57 Å². The van der Waals surface area contributed by atoms with Gasteiger partial charge in [0.05, 0.1) is 0 Å². The summed E-state index contributed by atoms with van der Waals surface area (Å²) in [5.41, 5.74) is 3.10. The molecule has 2 aromatic rings. The van der Waals surface area contributed by atoms with E-state index < -0.39 is 24.1 Å². The number of rotatable bonds is 7. The molecule has 0 amide bonds. The Kier molecular flexibility index (Phi) is 7.59. The van der Waals surface area contributed by atoms with E-state index in [4.69, 9.17) is 9.47 Å². The molecule has 0 saturated heterocycles. The van der Waals surface area contributed by atoms with Gasteiger partial charge >= 0.3 is 11.9 Å². The third-order valence-corrected chi connectivity index (χ3v) is 7.27. The van der Waals surface area contributed by atoms with Crippen molar-refractivity contribution in [3.63, 3.8) is 0 Å². The van der Waals surface area contributed by atoms with Gasteiger partial charge < -0.3 is 19.4 Å². The summed E-state index contributed by atoms with van der Waals surface area (Å²) < 4.78 is 12.4. The van der Waals surface area contributed by atoms with Crippen molar-refractivity contribution < 1.29 is 19.1 Å². The van der Waals surface area contributed by atoms with Gasteiger partial charge in [0.1, 0.15) is 23.6 Å². The number of esters is 2. The average molecular weight is 475 g/mol. The molecule has 6 nitrogen and oxygen atoms in total. The molecule has 6 heteroatoms. The fraction of sp³-hybridized carbons (Fsp3) is 0.379. The van der Waals surface area contributed by atoms with Crippen LogP contribution in [-0.2, 0) is 9.47 Å². The maximum atomic E-state index is 13.2. The maximum absolute atomic E-state index is 13.2. The Balaban J connectivity index is 1.80. The van der Waals surface area contributed by atoms with Crippen LogP contribution in [0.5, 0.6) is 0 Å². The standard InChI is InChI=1S/C29H34N2O4/c1-5-11-18(3)20(6-2)25-22-13-8-7-12-21(22)19(4)26(34-28(32)23-14-9-16-30-23)27(25)35-29(33)24-15-10-17-31-24/h5,7-17,19,21-22,25-27,30-31H,6H2,1-4H3/b11-5-,20-18+. The first-order valence-corrected chi connectivity index (χ1v) is 12.3. The SMILES string of the molecule is C/C=C\C(C)=C(/CC)C1C2C=CC=CC2C(C)C(OC(=O)c2ccc[nH]2)C1OC(=O)c1ccc[nH]1. The van der Waals surface area contributed by atoms with Gasteiger partial charge in [-0.25, -0.2) is 9.59 Å². The summed E-state index contributed by atoms with van der Waals surface area (Å²) in [6.07, 6.45) is 15.6. The van der Waals surface area contributed by atoms with Crippen LogP contribution in [0.15, 0.2) is 84.3 Å². The van der Waals surface area contributed by atoms with Crippen LogP contribution in [-0.4, -0.2) is 34.1 Å². The molecular weight excluding hydrogens is 440 g/mol. The molecule has 0 spiro atoms. The molecule has 0 radical (unpaired) electrons. The molecule has 2 aromatic heterocycles. The maximum Gasteiger partial charge on any atom is 0.355 e. The molecule has 2 aliphatic rings. The summed E-state index contributed by atoms with van der Waals surface area (Å²) >= 11 is 0. The fourth-order valence-corrected chi connectivity index (χ4v) is 5.64. The van der Waals surface area contributed by atoms with E-state index in [0.29, 0.717) is 11.4 Å². The first-order chi connectivity index (χ1) is 17.0. The molecule has 1 fully saturated rings. The summed E-state index contributed by atoms with van der Waals surface area (Å²) in [4.78, 5) is 32.1. The molecule has 6 atom stereocenters. The minimum atomic E-state index is -0.646. The molecule has 2 aliphatic carbocycles. The molecule has 1 saturated carbocycles. The Bertz CT molecular complexity index is 1140. The van der Waals surface area contributed by atoms with Crippen LogP contribution >= 0.6 is 0 Å². The average Bonchev–Trinajstić information content (AvgIpc) is 3.58. The molecule has 0 aliphatic heterocycles. The Hall–Kier alpha value is -3.54. The number of allylic oxidation sites excluding steroid dienone is 7. The van der Waals surface area contributed by atoms with Gasteiger partial charge in [-0.2, -0.15) is 0 Å². The summed E-state index contributed by atoms with van der Waals surface area (Å²) in [5, 5.41) is 0. The van der Waals surface area contributed by atoms with Crippen molar-refractivity contribution in [1.29, 1.82) is 0 Å². The number of aromatic amines is 2. The number of nitrogens with one attached hydrogen (secondary N) is 2. The number of H-pyrrole nitrogens is 2. The number of carbonyl (C=O) groups excluding carboxylic acids is 2. The number of hydrogen-bond donors (Lipinski definition) is 2. The van der Waals surface area contributed by atoms with Gasteiger partial charge in [-0.15, -0.1) is 0 Å². The van der Waals surface area contributed by atoms with Gasteiger partial charge in [0.15, 0.2) is 0 Å². The Morgan fingerprint density at radius 3 is 2.03 bits per heavy atom. The van der Waals surface area contributed by atoms with E-state index in [0.717, 1.165) is 12.0 Å². The van der Waals surface area contributed by atoms with E-state index in [1.54, 1.807) is 36.7 Å². The highest BCUT2D eigenvalue weighted by Gasteiger charge is 2.52. The van der Waals surface area contributed by atoms with E-state index >= 15 is 0 Å². The van der Waals surface area contributed by atoms with Crippen molar-refractivity contribution >= 4 is 11.9 Å². The number of aromatic nitrogens is 2. The van der Waals surface area contributed by atoms with Crippen molar-refractivity contribution in [1.82, 2.24) is 9.97 Å². The first kappa shape index (κ1) is 24.6. The van der Waals surface area contributed by atoms with Crippen LogP contribution in [0.25, 0.3) is 0 Å². The quantitative estimate of drug-likeness (QED) is 0.380. The zero-order valence-electron chi connectivity index (χ0n) is 20.7. The Labute approximate surface area is 206 Å². The molecule has 2 N–H and O–H groups in total. The highest BCUT2D eigenvalue weighted by molar-refractivity contribution is 5.88. The molecule has 0 bridgehead atoms. The second-order valence-corrected chi connectivity index (χ2v) is 9.28. The fourth-order valence-electron chi connectivity index (χ4n) is 5.64. The summed E-state index contributed by atoms with van der Waals surface area (Å²) in [6, 6.07) is 6.90. The topological polar surface area (TPSA) is 84.2 Å². The van der Waals surface area contributed by atoms with E-state index in [9.17, 15) is 9.59 Å². The predicted molar refractivity (Wildman–Crippen MR) is 136 cm³/mol. The van der Waals surface area contributed by atoms with E-state index in [1.807, 2.05) is 13.0 Å². The van der Waals surface area contributed by atoms with Gasteiger partial charge in [-0.1, -0.05) is 61.4 Å². The van der Waals surface area contributed by atoms with Gasteiger partial charge in [0.2, 0.25) is 0 Å². The third kappa shape index (κ3) is 4.97. The van der Waals surface area contributed by atoms with Gasteiger partial charge in [-0.05, 0) is 56.4 Å². The lowest BCUT2D eigenvalue weighted by Gasteiger charge is -2.49.